The highest BCUT2D eigenvalue weighted by atomic mass is 79.9. The van der Waals surface area contributed by atoms with Gasteiger partial charge in [-0.1, -0.05) is 30.3 Å². The standard InChI is InChI=1S/C13H11BrN2O4S/c14-12-8-13(6-7-16(17)18)15(9-12)21(19,20)10-11-4-2-1-3-5-11/h1-9H,10H2. The number of hydrogen-bond acceptors (Lipinski definition) is 4. The number of halogens is 1. The van der Waals surface area contributed by atoms with Crippen LogP contribution in [0, 0.1) is 10.1 Å². The first-order valence-electron chi connectivity index (χ1n) is 5.85. The molecule has 8 heteroatoms. The first-order valence-corrected chi connectivity index (χ1v) is 8.25. The predicted octanol–water partition coefficient (Wildman–Crippen LogP) is 2.88. The van der Waals surface area contributed by atoms with E-state index in [9.17, 15) is 18.5 Å². The molecule has 0 unspecified atom stereocenters. The van der Waals surface area contributed by atoms with Gasteiger partial charge in [0.05, 0.1) is 16.4 Å². The van der Waals surface area contributed by atoms with E-state index in [4.69, 9.17) is 0 Å². The molecule has 0 spiro atoms. The molecule has 0 atom stereocenters. The Balaban J connectivity index is 2.38. The van der Waals surface area contributed by atoms with Gasteiger partial charge in [-0.3, -0.25) is 10.1 Å². The normalized spacial score (nSPS) is 11.9. The maximum absolute atomic E-state index is 12.4. The van der Waals surface area contributed by atoms with Crippen molar-refractivity contribution in [3.05, 3.63) is 74.6 Å². The average molecular weight is 371 g/mol. The molecule has 1 aromatic carbocycles. The van der Waals surface area contributed by atoms with Crippen LogP contribution in [-0.4, -0.2) is 17.3 Å². The topological polar surface area (TPSA) is 82.2 Å². The molecule has 2 aromatic rings. The van der Waals surface area contributed by atoms with Crippen molar-refractivity contribution >= 4 is 32.0 Å². The van der Waals surface area contributed by atoms with Crippen LogP contribution in [0.5, 0.6) is 0 Å². The number of rotatable bonds is 5. The third kappa shape index (κ3) is 4.02. The van der Waals surface area contributed by atoms with Crippen molar-refractivity contribution in [2.24, 2.45) is 0 Å². The Kier molecular flexibility index (Phi) is 4.59. The summed E-state index contributed by atoms with van der Waals surface area (Å²) < 4.78 is 26.4. The maximum atomic E-state index is 12.4. The molecule has 0 fully saturated rings. The summed E-state index contributed by atoms with van der Waals surface area (Å²) >= 11 is 3.18. The van der Waals surface area contributed by atoms with Crippen LogP contribution in [0.2, 0.25) is 0 Å². The average Bonchev–Trinajstić information content (AvgIpc) is 2.79. The second kappa shape index (κ2) is 6.23. The molecule has 0 aliphatic heterocycles. The highest BCUT2D eigenvalue weighted by Crippen LogP contribution is 2.20. The maximum Gasteiger partial charge on any atom is 0.243 e. The number of hydrogen-bond donors (Lipinski definition) is 0. The van der Waals surface area contributed by atoms with E-state index >= 15 is 0 Å². The fraction of sp³-hybridized carbons (Fsp3) is 0.0769. The molecule has 21 heavy (non-hydrogen) atoms. The molecule has 110 valence electrons. The predicted molar refractivity (Wildman–Crippen MR) is 82.6 cm³/mol. The van der Waals surface area contributed by atoms with Crippen LogP contribution in [0.4, 0.5) is 0 Å². The van der Waals surface area contributed by atoms with E-state index in [0.29, 0.717) is 16.2 Å². The zero-order valence-electron chi connectivity index (χ0n) is 10.7. The van der Waals surface area contributed by atoms with Gasteiger partial charge >= 0.3 is 0 Å². The Labute approximate surface area is 130 Å². The van der Waals surface area contributed by atoms with Crippen LogP contribution in [0.25, 0.3) is 6.08 Å². The van der Waals surface area contributed by atoms with Gasteiger partial charge in [0.1, 0.15) is 0 Å². The lowest BCUT2D eigenvalue weighted by atomic mass is 10.2. The molecule has 2 rings (SSSR count). The van der Waals surface area contributed by atoms with Crippen LogP contribution in [0.1, 0.15) is 11.3 Å². The number of nitrogens with zero attached hydrogens (tertiary/aromatic N) is 2. The van der Waals surface area contributed by atoms with Crippen LogP contribution >= 0.6 is 15.9 Å². The fourth-order valence-corrected chi connectivity index (χ4v) is 3.82. The summed E-state index contributed by atoms with van der Waals surface area (Å²) in [4.78, 5) is 9.74. The monoisotopic (exact) mass is 370 g/mol. The van der Waals surface area contributed by atoms with Gasteiger partial charge in [-0.15, -0.1) is 0 Å². The smallest absolute Gasteiger partial charge is 0.243 e. The van der Waals surface area contributed by atoms with E-state index in [1.165, 1.54) is 12.3 Å². The van der Waals surface area contributed by atoms with E-state index in [-0.39, 0.29) is 11.4 Å². The molecule has 1 heterocycles. The molecular weight excluding hydrogens is 360 g/mol. The summed E-state index contributed by atoms with van der Waals surface area (Å²) in [7, 11) is -3.66. The second-order valence-corrected chi connectivity index (χ2v) is 6.98. The Bertz CT molecular complexity index is 782. The van der Waals surface area contributed by atoms with E-state index in [0.717, 1.165) is 10.0 Å². The van der Waals surface area contributed by atoms with Crippen molar-refractivity contribution in [2.75, 3.05) is 0 Å². The quantitative estimate of drug-likeness (QED) is 0.598. The minimum atomic E-state index is -3.66. The van der Waals surface area contributed by atoms with Crippen molar-refractivity contribution in [3.63, 3.8) is 0 Å². The minimum absolute atomic E-state index is 0.186. The first-order chi connectivity index (χ1) is 9.88. The lowest BCUT2D eigenvalue weighted by Gasteiger charge is -2.08. The Morgan fingerprint density at radius 1 is 1.29 bits per heavy atom. The SMILES string of the molecule is O=[N+]([O-])C=Cc1cc(Br)cn1S(=O)(=O)Cc1ccccc1. The largest absolute Gasteiger partial charge is 0.259 e. The van der Waals surface area contributed by atoms with Crippen molar-refractivity contribution in [2.45, 2.75) is 5.75 Å². The molecule has 0 saturated heterocycles. The Morgan fingerprint density at radius 2 is 1.95 bits per heavy atom. The number of aromatic nitrogens is 1. The zero-order chi connectivity index (χ0) is 15.5. The third-order valence-electron chi connectivity index (χ3n) is 2.64. The van der Waals surface area contributed by atoms with Crippen LogP contribution < -0.4 is 0 Å². The van der Waals surface area contributed by atoms with Gasteiger partial charge in [0, 0.05) is 16.7 Å². The van der Waals surface area contributed by atoms with Gasteiger partial charge in [-0.25, -0.2) is 12.4 Å². The van der Waals surface area contributed by atoms with Crippen molar-refractivity contribution in [1.82, 2.24) is 3.97 Å². The van der Waals surface area contributed by atoms with Gasteiger partial charge in [-0.05, 0) is 27.6 Å². The molecule has 0 N–H and O–H groups in total. The summed E-state index contributed by atoms with van der Waals surface area (Å²) in [6.07, 6.45) is 3.22. The molecule has 0 aliphatic carbocycles. The van der Waals surface area contributed by atoms with Gasteiger partial charge in [-0.2, -0.15) is 0 Å². The zero-order valence-corrected chi connectivity index (χ0v) is 13.1. The van der Waals surface area contributed by atoms with Gasteiger partial charge in [0.2, 0.25) is 16.2 Å². The highest BCUT2D eigenvalue weighted by molar-refractivity contribution is 9.10. The minimum Gasteiger partial charge on any atom is -0.259 e. The molecule has 1 aromatic heterocycles. The first kappa shape index (κ1) is 15.5. The van der Waals surface area contributed by atoms with Crippen molar-refractivity contribution in [1.29, 1.82) is 0 Å². The molecule has 0 radical (unpaired) electrons. The van der Waals surface area contributed by atoms with Crippen LogP contribution in [-0.2, 0) is 15.8 Å². The van der Waals surface area contributed by atoms with Gasteiger partial charge in [0.15, 0.2) is 0 Å². The van der Waals surface area contributed by atoms with E-state index in [2.05, 4.69) is 15.9 Å². The fourth-order valence-electron chi connectivity index (χ4n) is 1.78. The Morgan fingerprint density at radius 3 is 2.57 bits per heavy atom. The number of benzene rings is 1. The summed E-state index contributed by atoms with van der Waals surface area (Å²) in [5.41, 5.74) is 0.862. The van der Waals surface area contributed by atoms with E-state index in [1.807, 2.05) is 0 Å². The van der Waals surface area contributed by atoms with E-state index < -0.39 is 14.9 Å². The lowest BCUT2D eigenvalue weighted by molar-refractivity contribution is -0.401. The molecule has 0 aliphatic rings. The van der Waals surface area contributed by atoms with Crippen molar-refractivity contribution in [3.8, 4) is 0 Å². The van der Waals surface area contributed by atoms with E-state index in [1.54, 1.807) is 30.3 Å². The number of nitro groups is 1. The highest BCUT2D eigenvalue weighted by Gasteiger charge is 2.18. The van der Waals surface area contributed by atoms with Crippen LogP contribution in [0.15, 0.2) is 53.3 Å². The lowest BCUT2D eigenvalue weighted by Crippen LogP contribution is -2.15. The van der Waals surface area contributed by atoms with Crippen LogP contribution in [0.3, 0.4) is 0 Å². The molecule has 0 amide bonds. The summed E-state index contributed by atoms with van der Waals surface area (Å²) in [5.74, 6) is -0.186. The second-order valence-electron chi connectivity index (χ2n) is 4.22. The summed E-state index contributed by atoms with van der Waals surface area (Å²) in [6.45, 7) is 0. The molecule has 0 bridgehead atoms. The molecule has 6 nitrogen and oxygen atoms in total. The van der Waals surface area contributed by atoms with Gasteiger partial charge in [0.25, 0.3) is 0 Å². The summed E-state index contributed by atoms with van der Waals surface area (Å²) in [5, 5.41) is 10.4. The van der Waals surface area contributed by atoms with Gasteiger partial charge < -0.3 is 0 Å². The Hall–Kier alpha value is -1.93. The molecule has 0 saturated carbocycles. The summed E-state index contributed by atoms with van der Waals surface area (Å²) in [6, 6.07) is 10.2. The molecular formula is C13H11BrN2O4S. The third-order valence-corrected chi connectivity index (χ3v) is 4.69. The van der Waals surface area contributed by atoms with Crippen molar-refractivity contribution < 1.29 is 13.3 Å².